The Bertz CT molecular complexity index is 997. The molecule has 170 valence electrons. The van der Waals surface area contributed by atoms with Crippen LogP contribution in [0.2, 0.25) is 0 Å². The van der Waals surface area contributed by atoms with Crippen LogP contribution in [0.1, 0.15) is 47.6 Å². The molecular weight excluding hydrogens is 400 g/mol. The molecule has 0 unspecified atom stereocenters. The van der Waals surface area contributed by atoms with E-state index in [9.17, 15) is 9.59 Å². The molecule has 2 amide bonds. The number of carbonyl (C=O) groups is 2. The quantitative estimate of drug-likeness (QED) is 0.706. The number of hydrogen-bond donors (Lipinski definition) is 2. The fraction of sp³-hybridized carbons (Fsp3) is 0.462. The second kappa shape index (κ2) is 9.74. The van der Waals surface area contributed by atoms with Crippen molar-refractivity contribution in [3.63, 3.8) is 0 Å². The van der Waals surface area contributed by atoms with E-state index in [2.05, 4.69) is 45.7 Å². The zero-order valence-electron chi connectivity index (χ0n) is 19.4. The Hall–Kier alpha value is -2.86. The molecule has 1 saturated heterocycles. The number of anilines is 2. The molecule has 0 radical (unpaired) electrons. The van der Waals surface area contributed by atoms with Crippen LogP contribution in [0, 0.1) is 13.8 Å². The predicted molar refractivity (Wildman–Crippen MR) is 129 cm³/mol. The fourth-order valence-electron chi connectivity index (χ4n) is 4.88. The average Bonchev–Trinajstić information content (AvgIpc) is 3.16. The van der Waals surface area contributed by atoms with Crippen molar-refractivity contribution >= 4 is 23.2 Å². The number of amides is 2. The lowest BCUT2D eigenvalue weighted by atomic mass is 9.98. The van der Waals surface area contributed by atoms with Crippen molar-refractivity contribution in [3.8, 4) is 0 Å². The molecule has 2 N–H and O–H groups in total. The van der Waals surface area contributed by atoms with E-state index in [1.54, 1.807) is 0 Å². The SMILES string of the molecule is Cc1ccc(NC(=O)C(=O)NC[C@@H](c2ccc3c(c2)CCN3C)N2CCCCC2)c(C)c1. The maximum atomic E-state index is 12.6. The van der Waals surface area contributed by atoms with Gasteiger partial charge in [-0.05, 0) is 75.0 Å². The summed E-state index contributed by atoms with van der Waals surface area (Å²) in [6.07, 6.45) is 4.65. The summed E-state index contributed by atoms with van der Waals surface area (Å²) in [7, 11) is 2.13. The number of rotatable bonds is 5. The lowest BCUT2D eigenvalue weighted by molar-refractivity contribution is -0.136. The Morgan fingerprint density at radius 3 is 2.50 bits per heavy atom. The van der Waals surface area contributed by atoms with Gasteiger partial charge in [0, 0.05) is 31.5 Å². The van der Waals surface area contributed by atoms with E-state index in [1.165, 1.54) is 36.1 Å². The largest absolute Gasteiger partial charge is 0.374 e. The summed E-state index contributed by atoms with van der Waals surface area (Å²) in [5.74, 6) is -1.21. The molecule has 2 heterocycles. The number of piperidine rings is 1. The van der Waals surface area contributed by atoms with E-state index in [0.717, 1.165) is 37.2 Å². The molecule has 0 aliphatic carbocycles. The zero-order valence-corrected chi connectivity index (χ0v) is 19.4. The van der Waals surface area contributed by atoms with Crippen LogP contribution in [-0.2, 0) is 16.0 Å². The first-order valence-corrected chi connectivity index (χ1v) is 11.7. The molecule has 0 aromatic heterocycles. The smallest absolute Gasteiger partial charge is 0.313 e. The van der Waals surface area contributed by atoms with Crippen LogP contribution in [0.15, 0.2) is 36.4 Å². The number of carbonyl (C=O) groups excluding carboxylic acids is 2. The summed E-state index contributed by atoms with van der Waals surface area (Å²) in [6, 6.07) is 12.5. The van der Waals surface area contributed by atoms with Crippen molar-refractivity contribution in [2.75, 3.05) is 43.4 Å². The molecule has 0 spiro atoms. The monoisotopic (exact) mass is 434 g/mol. The Morgan fingerprint density at radius 2 is 1.75 bits per heavy atom. The topological polar surface area (TPSA) is 64.7 Å². The minimum absolute atomic E-state index is 0.0735. The molecule has 6 nitrogen and oxygen atoms in total. The normalized spacial score (nSPS) is 17.0. The van der Waals surface area contributed by atoms with Gasteiger partial charge in [-0.25, -0.2) is 0 Å². The summed E-state index contributed by atoms with van der Waals surface area (Å²) in [4.78, 5) is 29.9. The van der Waals surface area contributed by atoms with Crippen LogP contribution < -0.4 is 15.5 Å². The van der Waals surface area contributed by atoms with Gasteiger partial charge in [0.1, 0.15) is 0 Å². The molecule has 2 aromatic carbocycles. The Labute approximate surface area is 191 Å². The van der Waals surface area contributed by atoms with E-state index in [-0.39, 0.29) is 6.04 Å². The van der Waals surface area contributed by atoms with Crippen molar-refractivity contribution < 1.29 is 9.59 Å². The fourth-order valence-corrected chi connectivity index (χ4v) is 4.88. The molecular formula is C26H34N4O2. The number of aryl methyl sites for hydroxylation is 2. The number of nitrogens with zero attached hydrogens (tertiary/aromatic N) is 2. The Balaban J connectivity index is 1.45. The van der Waals surface area contributed by atoms with Gasteiger partial charge in [0.2, 0.25) is 0 Å². The number of likely N-dealkylation sites (N-methyl/N-ethyl adjacent to an activating group) is 1. The molecule has 2 aromatic rings. The highest BCUT2D eigenvalue weighted by atomic mass is 16.2. The third-order valence-corrected chi connectivity index (χ3v) is 6.74. The van der Waals surface area contributed by atoms with E-state index < -0.39 is 11.8 Å². The van der Waals surface area contributed by atoms with Gasteiger partial charge in [0.25, 0.3) is 0 Å². The third-order valence-electron chi connectivity index (χ3n) is 6.74. The second-order valence-electron chi connectivity index (χ2n) is 9.15. The van der Waals surface area contributed by atoms with Crippen LogP contribution in [-0.4, -0.2) is 49.9 Å². The van der Waals surface area contributed by atoms with Crippen LogP contribution in [0.5, 0.6) is 0 Å². The maximum Gasteiger partial charge on any atom is 0.313 e. The molecule has 4 rings (SSSR count). The summed E-state index contributed by atoms with van der Waals surface area (Å²) in [6.45, 7) is 7.44. The maximum absolute atomic E-state index is 12.6. The lowest BCUT2D eigenvalue weighted by Crippen LogP contribution is -2.43. The van der Waals surface area contributed by atoms with Crippen molar-refractivity contribution in [2.24, 2.45) is 0 Å². The lowest BCUT2D eigenvalue weighted by Gasteiger charge is -2.35. The number of benzene rings is 2. The van der Waals surface area contributed by atoms with Gasteiger partial charge in [-0.2, -0.15) is 0 Å². The first kappa shape index (κ1) is 22.3. The van der Waals surface area contributed by atoms with Crippen LogP contribution in [0.4, 0.5) is 11.4 Å². The van der Waals surface area contributed by atoms with Crippen molar-refractivity contribution in [1.82, 2.24) is 10.2 Å². The molecule has 2 aliphatic rings. The molecule has 6 heteroatoms. The second-order valence-corrected chi connectivity index (χ2v) is 9.15. The standard InChI is InChI=1S/C26H34N4O2/c1-18-7-9-22(19(2)15-18)28-26(32)25(31)27-17-24(30-12-5-4-6-13-30)20-8-10-23-21(16-20)11-14-29(23)3/h7-10,15-16,24H,4-6,11-14,17H2,1-3H3,(H,27,31)(H,28,32)/t24-/m0/s1. The molecule has 2 aliphatic heterocycles. The first-order valence-electron chi connectivity index (χ1n) is 11.7. The van der Waals surface area contributed by atoms with Gasteiger partial charge in [0.05, 0.1) is 6.04 Å². The van der Waals surface area contributed by atoms with Crippen LogP contribution >= 0.6 is 0 Å². The Morgan fingerprint density at radius 1 is 0.969 bits per heavy atom. The average molecular weight is 435 g/mol. The Kier molecular flexibility index (Phi) is 6.80. The van der Waals surface area contributed by atoms with Crippen LogP contribution in [0.25, 0.3) is 0 Å². The van der Waals surface area contributed by atoms with Crippen molar-refractivity contribution in [2.45, 2.75) is 45.6 Å². The molecule has 1 fully saturated rings. The van der Waals surface area contributed by atoms with E-state index >= 15 is 0 Å². The van der Waals surface area contributed by atoms with E-state index in [4.69, 9.17) is 0 Å². The summed E-state index contributed by atoms with van der Waals surface area (Å²) in [5.41, 5.74) is 6.62. The van der Waals surface area contributed by atoms with Gasteiger partial charge in [-0.15, -0.1) is 0 Å². The summed E-state index contributed by atoms with van der Waals surface area (Å²) in [5, 5.41) is 5.65. The number of likely N-dealkylation sites (tertiary alicyclic amines) is 1. The van der Waals surface area contributed by atoms with Gasteiger partial charge < -0.3 is 15.5 Å². The molecule has 0 saturated carbocycles. The van der Waals surface area contributed by atoms with Crippen molar-refractivity contribution in [3.05, 3.63) is 58.7 Å². The summed E-state index contributed by atoms with van der Waals surface area (Å²) >= 11 is 0. The first-order chi connectivity index (χ1) is 15.4. The van der Waals surface area contributed by atoms with Gasteiger partial charge in [-0.3, -0.25) is 14.5 Å². The molecule has 32 heavy (non-hydrogen) atoms. The van der Waals surface area contributed by atoms with E-state index in [0.29, 0.717) is 12.2 Å². The zero-order chi connectivity index (χ0) is 22.7. The predicted octanol–water partition coefficient (Wildman–Crippen LogP) is 3.58. The van der Waals surface area contributed by atoms with Gasteiger partial charge >= 0.3 is 11.8 Å². The molecule has 0 bridgehead atoms. The van der Waals surface area contributed by atoms with Crippen LogP contribution in [0.3, 0.4) is 0 Å². The highest BCUT2D eigenvalue weighted by Crippen LogP contribution is 2.32. The minimum Gasteiger partial charge on any atom is -0.374 e. The van der Waals surface area contributed by atoms with Gasteiger partial charge in [0.15, 0.2) is 0 Å². The number of nitrogens with one attached hydrogen (secondary N) is 2. The summed E-state index contributed by atoms with van der Waals surface area (Å²) < 4.78 is 0. The van der Waals surface area contributed by atoms with E-state index in [1.807, 2.05) is 32.0 Å². The van der Waals surface area contributed by atoms with Gasteiger partial charge in [-0.1, -0.05) is 36.2 Å². The number of fused-ring (bicyclic) bond motifs is 1. The molecule has 1 atom stereocenters. The highest BCUT2D eigenvalue weighted by Gasteiger charge is 2.26. The number of hydrogen-bond acceptors (Lipinski definition) is 4. The minimum atomic E-state index is -0.620. The van der Waals surface area contributed by atoms with Crippen molar-refractivity contribution in [1.29, 1.82) is 0 Å². The third kappa shape index (κ3) is 4.96. The highest BCUT2D eigenvalue weighted by molar-refractivity contribution is 6.39.